The number of aliphatic imine (C=N–C) groups is 1. The molecule has 1 aliphatic heterocycles. The summed E-state index contributed by atoms with van der Waals surface area (Å²) in [4.78, 5) is 8.96. The van der Waals surface area contributed by atoms with Crippen LogP contribution in [0.25, 0.3) is 0 Å². The first-order valence-electron chi connectivity index (χ1n) is 10.6. The normalized spacial score (nSPS) is 23.0. The van der Waals surface area contributed by atoms with E-state index in [0.717, 1.165) is 24.0 Å². The van der Waals surface area contributed by atoms with Crippen molar-refractivity contribution in [2.24, 2.45) is 10.9 Å². The van der Waals surface area contributed by atoms with Gasteiger partial charge in [0.1, 0.15) is 5.84 Å². The summed E-state index contributed by atoms with van der Waals surface area (Å²) in [5, 5.41) is 2.20. The van der Waals surface area contributed by atoms with Gasteiger partial charge in [0, 0.05) is 17.5 Å². The maximum Gasteiger partial charge on any atom is 0.129 e. The smallest absolute Gasteiger partial charge is 0.129 e. The number of thioether (sulfide) groups is 1. The number of hydrogen-bond acceptors (Lipinski definition) is 2. The van der Waals surface area contributed by atoms with Gasteiger partial charge in [-0.25, -0.2) is 4.99 Å². The summed E-state index contributed by atoms with van der Waals surface area (Å²) in [5.41, 5.74) is 2.33. The summed E-state index contributed by atoms with van der Waals surface area (Å²) in [6.45, 7) is 3.26. The molecule has 146 valence electrons. The summed E-state index contributed by atoms with van der Waals surface area (Å²) in [6, 6.07) is 19.8. The monoisotopic (exact) mass is 390 g/mol. The minimum absolute atomic E-state index is 0.665. The van der Waals surface area contributed by atoms with Crippen LogP contribution in [-0.4, -0.2) is 23.3 Å². The zero-order valence-electron chi connectivity index (χ0n) is 16.8. The number of piperidine rings is 1. The molecule has 1 heterocycles. The minimum atomic E-state index is 0.665. The summed E-state index contributed by atoms with van der Waals surface area (Å²) in [5.74, 6) is 1.98. The maximum atomic E-state index is 5.09. The molecule has 0 amide bonds. The minimum Gasteiger partial charge on any atom is -0.353 e. The van der Waals surface area contributed by atoms with Crippen molar-refractivity contribution in [2.45, 2.75) is 56.4 Å². The van der Waals surface area contributed by atoms with E-state index in [1.54, 1.807) is 11.8 Å². The van der Waals surface area contributed by atoms with E-state index < -0.39 is 0 Å². The summed E-state index contributed by atoms with van der Waals surface area (Å²) in [7, 11) is 0. The Bertz CT molecular complexity index is 808. The van der Waals surface area contributed by atoms with E-state index in [2.05, 4.69) is 77.9 Å². The molecule has 2 nitrogen and oxygen atoms in total. The van der Waals surface area contributed by atoms with Crippen molar-refractivity contribution >= 4 is 23.3 Å². The van der Waals surface area contributed by atoms with Crippen molar-refractivity contribution in [3.05, 3.63) is 71.6 Å². The zero-order valence-corrected chi connectivity index (χ0v) is 17.6. The summed E-state index contributed by atoms with van der Waals surface area (Å²) >= 11 is 1.77. The molecule has 2 fully saturated rings. The average molecular weight is 391 g/mol. The van der Waals surface area contributed by atoms with Crippen LogP contribution < -0.4 is 0 Å². The van der Waals surface area contributed by atoms with Crippen molar-refractivity contribution in [3.8, 4) is 0 Å². The molecule has 0 bridgehead atoms. The Labute approximate surface area is 173 Å². The van der Waals surface area contributed by atoms with Crippen LogP contribution in [0.3, 0.4) is 0 Å². The van der Waals surface area contributed by atoms with E-state index in [1.807, 2.05) is 0 Å². The fraction of sp³-hybridized carbons (Fsp3) is 0.400. The van der Waals surface area contributed by atoms with Gasteiger partial charge in [0.2, 0.25) is 0 Å². The molecule has 3 heteroatoms. The second kappa shape index (κ2) is 9.47. The Morgan fingerprint density at radius 1 is 0.964 bits per heavy atom. The fourth-order valence-corrected chi connectivity index (χ4v) is 5.19. The third-order valence-corrected chi connectivity index (χ3v) is 6.80. The Morgan fingerprint density at radius 2 is 1.71 bits per heavy atom. The lowest BCUT2D eigenvalue weighted by atomic mass is 9.78. The highest BCUT2D eigenvalue weighted by molar-refractivity contribution is 8.02. The lowest BCUT2D eigenvalue weighted by Gasteiger charge is -2.45. The predicted molar refractivity (Wildman–Crippen MR) is 121 cm³/mol. The third kappa shape index (κ3) is 4.88. The number of hydrogen-bond donors (Lipinski definition) is 0. The topological polar surface area (TPSA) is 15.6 Å². The number of aryl methyl sites for hydroxylation is 1. The molecule has 28 heavy (non-hydrogen) atoms. The van der Waals surface area contributed by atoms with E-state index >= 15 is 0 Å². The third-order valence-electron chi connectivity index (χ3n) is 5.98. The van der Waals surface area contributed by atoms with Gasteiger partial charge < -0.3 is 4.90 Å². The Balaban J connectivity index is 1.59. The largest absolute Gasteiger partial charge is 0.353 e. The van der Waals surface area contributed by atoms with Crippen LogP contribution in [0.5, 0.6) is 0 Å². The van der Waals surface area contributed by atoms with Crippen LogP contribution in [0.2, 0.25) is 0 Å². The predicted octanol–water partition coefficient (Wildman–Crippen LogP) is 6.99. The number of amidine groups is 1. The maximum absolute atomic E-state index is 5.09. The van der Waals surface area contributed by atoms with Gasteiger partial charge in [0.05, 0.1) is 5.69 Å². The quantitative estimate of drug-likeness (QED) is 0.318. The molecule has 0 N–H and O–H groups in total. The van der Waals surface area contributed by atoms with Crippen LogP contribution in [0.15, 0.2) is 76.0 Å². The number of benzene rings is 2. The molecule has 2 aromatic rings. The highest BCUT2D eigenvalue weighted by Crippen LogP contribution is 2.36. The first kappa shape index (κ1) is 19.3. The van der Waals surface area contributed by atoms with E-state index in [0.29, 0.717) is 6.04 Å². The molecule has 0 aromatic heterocycles. The summed E-state index contributed by atoms with van der Waals surface area (Å²) in [6.07, 6.45) is 10.4. The van der Waals surface area contributed by atoms with E-state index in [1.165, 1.54) is 49.0 Å². The second-order valence-electron chi connectivity index (χ2n) is 7.99. The van der Waals surface area contributed by atoms with Gasteiger partial charge in [0.15, 0.2) is 0 Å². The molecule has 4 rings (SSSR count). The van der Waals surface area contributed by atoms with Crippen molar-refractivity contribution in [3.63, 3.8) is 0 Å². The van der Waals surface area contributed by atoms with Crippen LogP contribution in [-0.2, 0) is 0 Å². The molecular formula is C25H30N2S. The number of fused-ring (bicyclic) bond motifs is 1. The molecular weight excluding hydrogens is 360 g/mol. The highest BCUT2D eigenvalue weighted by Gasteiger charge is 2.34. The van der Waals surface area contributed by atoms with E-state index in [9.17, 15) is 0 Å². The van der Waals surface area contributed by atoms with Gasteiger partial charge in [0.25, 0.3) is 0 Å². The van der Waals surface area contributed by atoms with Crippen LogP contribution in [0.4, 0.5) is 5.69 Å². The molecule has 0 spiro atoms. The van der Waals surface area contributed by atoms with Gasteiger partial charge in [-0.3, -0.25) is 0 Å². The Hall–Kier alpha value is -2.00. The van der Waals surface area contributed by atoms with E-state index in [-0.39, 0.29) is 0 Å². The number of likely N-dealkylation sites (tertiary alicyclic amines) is 1. The number of nitrogens with zero attached hydrogens (tertiary/aromatic N) is 2. The van der Waals surface area contributed by atoms with Gasteiger partial charge >= 0.3 is 0 Å². The highest BCUT2D eigenvalue weighted by atomic mass is 32.2. The van der Waals surface area contributed by atoms with E-state index in [4.69, 9.17) is 4.99 Å². The van der Waals surface area contributed by atoms with Crippen LogP contribution in [0, 0.1) is 12.8 Å². The van der Waals surface area contributed by atoms with Crippen LogP contribution in [0.1, 0.15) is 44.1 Å². The summed E-state index contributed by atoms with van der Waals surface area (Å²) < 4.78 is 0. The lowest BCUT2D eigenvalue weighted by molar-refractivity contribution is 0.120. The molecule has 2 aliphatic rings. The average Bonchev–Trinajstić information content (AvgIpc) is 2.75. The van der Waals surface area contributed by atoms with Gasteiger partial charge in [-0.15, -0.1) is 0 Å². The first-order valence-corrected chi connectivity index (χ1v) is 11.5. The SMILES string of the molecule is Cc1ccc(N=C(C=CSc2ccccc2)N2CCCC3CCCCC32)cc1. The second-order valence-corrected chi connectivity index (χ2v) is 8.97. The standard InChI is InChI=1S/C25H30N2S/c1-20-13-15-22(16-14-20)26-25(17-19-28-23-10-3-2-4-11-23)27-18-7-9-21-8-5-6-12-24(21)27/h2-4,10-11,13-17,19,21,24H,5-9,12,18H2,1H3. The molecule has 0 radical (unpaired) electrons. The molecule has 1 saturated carbocycles. The van der Waals surface area contributed by atoms with Crippen molar-refractivity contribution < 1.29 is 0 Å². The number of rotatable bonds is 4. The molecule has 2 unspecified atom stereocenters. The van der Waals surface area contributed by atoms with Crippen molar-refractivity contribution in [1.29, 1.82) is 0 Å². The van der Waals surface area contributed by atoms with Gasteiger partial charge in [-0.05, 0) is 74.3 Å². The van der Waals surface area contributed by atoms with Gasteiger partial charge in [-0.2, -0.15) is 0 Å². The Morgan fingerprint density at radius 3 is 2.54 bits per heavy atom. The van der Waals surface area contributed by atoms with Crippen molar-refractivity contribution in [1.82, 2.24) is 4.90 Å². The fourth-order valence-electron chi connectivity index (χ4n) is 4.53. The zero-order chi connectivity index (χ0) is 19.2. The molecule has 2 atom stereocenters. The first-order chi connectivity index (χ1) is 13.8. The van der Waals surface area contributed by atoms with Gasteiger partial charge in [-0.1, -0.05) is 60.5 Å². The molecule has 2 aromatic carbocycles. The van der Waals surface area contributed by atoms with Crippen molar-refractivity contribution in [2.75, 3.05) is 6.54 Å². The van der Waals surface area contributed by atoms with Crippen LogP contribution >= 0.6 is 11.8 Å². The lowest BCUT2D eigenvalue weighted by Crippen LogP contribution is -2.49. The molecule has 1 aliphatic carbocycles. The Kier molecular flexibility index (Phi) is 6.53. The molecule has 1 saturated heterocycles.